The summed E-state index contributed by atoms with van der Waals surface area (Å²) in [5.41, 5.74) is 4.38. The van der Waals surface area contributed by atoms with Crippen LogP contribution in [0.25, 0.3) is 0 Å². The molecule has 0 fully saturated rings. The van der Waals surface area contributed by atoms with E-state index in [4.69, 9.17) is 23.2 Å². The fourth-order valence-electron chi connectivity index (χ4n) is 1.18. The number of aromatic nitrogens is 3. The van der Waals surface area contributed by atoms with Gasteiger partial charge in [0.2, 0.25) is 5.95 Å². The molecule has 0 bridgehead atoms. The Labute approximate surface area is 108 Å². The Bertz CT molecular complexity index is 536. The first-order chi connectivity index (χ1) is 8.16. The molecular formula is C10H9Cl2N5. The molecular weight excluding hydrogens is 261 g/mol. The highest BCUT2D eigenvalue weighted by Crippen LogP contribution is 2.22. The SMILES string of the molecule is C/C(=N/Nc1ncn[nH]1)c1ccc(Cl)c(Cl)c1. The average molecular weight is 270 g/mol. The maximum Gasteiger partial charge on any atom is 0.239 e. The van der Waals surface area contributed by atoms with Crippen molar-refractivity contribution >= 4 is 34.9 Å². The van der Waals surface area contributed by atoms with Crippen molar-refractivity contribution in [2.75, 3.05) is 5.43 Å². The highest BCUT2D eigenvalue weighted by molar-refractivity contribution is 6.42. The molecule has 0 aliphatic rings. The number of hydrogen-bond acceptors (Lipinski definition) is 4. The van der Waals surface area contributed by atoms with Crippen molar-refractivity contribution in [3.63, 3.8) is 0 Å². The number of nitrogens with one attached hydrogen (secondary N) is 2. The number of halogens is 2. The van der Waals surface area contributed by atoms with E-state index in [1.807, 2.05) is 13.0 Å². The van der Waals surface area contributed by atoms with E-state index in [9.17, 15) is 0 Å². The highest BCUT2D eigenvalue weighted by atomic mass is 35.5. The Morgan fingerprint density at radius 2 is 2.18 bits per heavy atom. The molecule has 0 saturated heterocycles. The van der Waals surface area contributed by atoms with Gasteiger partial charge in [-0.2, -0.15) is 15.2 Å². The molecule has 0 amide bonds. The fraction of sp³-hybridized carbons (Fsp3) is 0.100. The largest absolute Gasteiger partial charge is 0.245 e. The molecule has 0 atom stereocenters. The zero-order chi connectivity index (χ0) is 12.3. The predicted molar refractivity (Wildman–Crippen MR) is 68.7 cm³/mol. The van der Waals surface area contributed by atoms with Gasteiger partial charge in [0.1, 0.15) is 6.33 Å². The first kappa shape index (κ1) is 11.9. The van der Waals surface area contributed by atoms with Crippen molar-refractivity contribution in [3.8, 4) is 0 Å². The van der Waals surface area contributed by atoms with Crippen LogP contribution in [0.1, 0.15) is 12.5 Å². The normalized spacial score (nSPS) is 11.6. The van der Waals surface area contributed by atoms with Crippen LogP contribution in [0.3, 0.4) is 0 Å². The van der Waals surface area contributed by atoms with Gasteiger partial charge in [-0.3, -0.25) is 0 Å². The van der Waals surface area contributed by atoms with Crippen LogP contribution in [-0.2, 0) is 0 Å². The highest BCUT2D eigenvalue weighted by Gasteiger charge is 2.02. The number of nitrogens with zero attached hydrogens (tertiary/aromatic N) is 3. The summed E-state index contributed by atoms with van der Waals surface area (Å²) in [5, 5.41) is 11.5. The van der Waals surface area contributed by atoms with E-state index >= 15 is 0 Å². The molecule has 1 aromatic carbocycles. The summed E-state index contributed by atoms with van der Waals surface area (Å²) in [5.74, 6) is 0.476. The van der Waals surface area contributed by atoms with Crippen LogP contribution in [-0.4, -0.2) is 20.9 Å². The van der Waals surface area contributed by atoms with Crippen LogP contribution in [0.2, 0.25) is 10.0 Å². The molecule has 2 aromatic rings. The Balaban J connectivity index is 2.16. The molecule has 1 aromatic heterocycles. The van der Waals surface area contributed by atoms with Crippen molar-refractivity contribution in [1.82, 2.24) is 15.2 Å². The average Bonchev–Trinajstić information content (AvgIpc) is 2.82. The zero-order valence-corrected chi connectivity index (χ0v) is 10.4. The van der Waals surface area contributed by atoms with Crippen LogP contribution in [0.4, 0.5) is 5.95 Å². The third-order valence-electron chi connectivity index (χ3n) is 2.08. The van der Waals surface area contributed by atoms with E-state index < -0.39 is 0 Å². The summed E-state index contributed by atoms with van der Waals surface area (Å²) < 4.78 is 0. The molecule has 2 rings (SSSR count). The minimum Gasteiger partial charge on any atom is -0.245 e. The number of hydrogen-bond donors (Lipinski definition) is 2. The Morgan fingerprint density at radius 1 is 1.35 bits per heavy atom. The van der Waals surface area contributed by atoms with Gasteiger partial charge in [0.15, 0.2) is 0 Å². The molecule has 7 heteroatoms. The molecule has 0 spiro atoms. The number of rotatable bonds is 3. The molecule has 0 aliphatic carbocycles. The second-order valence-corrected chi connectivity index (χ2v) is 4.09. The van der Waals surface area contributed by atoms with Gasteiger partial charge in [-0.15, -0.1) is 0 Å². The first-order valence-corrected chi connectivity index (χ1v) is 5.53. The number of aromatic amines is 1. The van der Waals surface area contributed by atoms with Crippen molar-refractivity contribution in [3.05, 3.63) is 40.1 Å². The van der Waals surface area contributed by atoms with Gasteiger partial charge in [0, 0.05) is 0 Å². The maximum absolute atomic E-state index is 5.92. The lowest BCUT2D eigenvalue weighted by atomic mass is 10.1. The minimum absolute atomic E-state index is 0.476. The third kappa shape index (κ3) is 2.95. The Kier molecular flexibility index (Phi) is 3.61. The Morgan fingerprint density at radius 3 is 2.82 bits per heavy atom. The quantitative estimate of drug-likeness (QED) is 0.665. The van der Waals surface area contributed by atoms with Gasteiger partial charge >= 0.3 is 0 Å². The molecule has 88 valence electrons. The van der Waals surface area contributed by atoms with Gasteiger partial charge in [-0.1, -0.05) is 29.3 Å². The van der Waals surface area contributed by atoms with Gasteiger partial charge in [-0.05, 0) is 24.6 Å². The number of anilines is 1. The monoisotopic (exact) mass is 269 g/mol. The number of H-pyrrole nitrogens is 1. The second-order valence-electron chi connectivity index (χ2n) is 3.27. The van der Waals surface area contributed by atoms with Crippen molar-refractivity contribution in [2.24, 2.45) is 5.10 Å². The van der Waals surface area contributed by atoms with Crippen LogP contribution >= 0.6 is 23.2 Å². The number of hydrazone groups is 1. The summed E-state index contributed by atoms with van der Waals surface area (Å²) in [7, 11) is 0. The van der Waals surface area contributed by atoms with Gasteiger partial charge < -0.3 is 0 Å². The minimum atomic E-state index is 0.476. The van der Waals surface area contributed by atoms with Crippen molar-refractivity contribution in [1.29, 1.82) is 0 Å². The summed E-state index contributed by atoms with van der Waals surface area (Å²) >= 11 is 11.8. The summed E-state index contributed by atoms with van der Waals surface area (Å²) in [6.07, 6.45) is 1.40. The molecule has 17 heavy (non-hydrogen) atoms. The molecule has 0 aliphatic heterocycles. The molecule has 0 saturated carbocycles. The van der Waals surface area contributed by atoms with Gasteiger partial charge in [-0.25, -0.2) is 10.5 Å². The standard InChI is InChI=1S/C10H9Cl2N5/c1-6(15-17-10-13-5-14-16-10)7-2-3-8(11)9(12)4-7/h2-5H,1H3,(H2,13,14,16,17)/b15-6-. The fourth-order valence-corrected chi connectivity index (χ4v) is 1.48. The van der Waals surface area contributed by atoms with Crippen LogP contribution < -0.4 is 5.43 Å². The maximum atomic E-state index is 5.92. The van der Waals surface area contributed by atoms with E-state index in [-0.39, 0.29) is 0 Å². The number of benzene rings is 1. The molecule has 2 N–H and O–H groups in total. The summed E-state index contributed by atoms with van der Waals surface area (Å²) in [6, 6.07) is 5.33. The topological polar surface area (TPSA) is 66.0 Å². The van der Waals surface area contributed by atoms with E-state index in [2.05, 4.69) is 25.7 Å². The molecule has 5 nitrogen and oxygen atoms in total. The summed E-state index contributed by atoms with van der Waals surface area (Å²) in [6.45, 7) is 1.85. The van der Waals surface area contributed by atoms with Crippen molar-refractivity contribution in [2.45, 2.75) is 6.92 Å². The molecule has 1 heterocycles. The van der Waals surface area contributed by atoms with E-state index in [1.54, 1.807) is 12.1 Å². The van der Waals surface area contributed by atoms with Crippen LogP contribution in [0.15, 0.2) is 29.6 Å². The lowest BCUT2D eigenvalue weighted by Gasteiger charge is -2.03. The van der Waals surface area contributed by atoms with Crippen LogP contribution in [0, 0.1) is 0 Å². The lowest BCUT2D eigenvalue weighted by Crippen LogP contribution is -2.00. The lowest BCUT2D eigenvalue weighted by molar-refractivity contribution is 1.08. The smallest absolute Gasteiger partial charge is 0.239 e. The third-order valence-corrected chi connectivity index (χ3v) is 2.82. The van der Waals surface area contributed by atoms with Crippen molar-refractivity contribution < 1.29 is 0 Å². The molecule has 0 radical (unpaired) electrons. The predicted octanol–water partition coefficient (Wildman–Crippen LogP) is 2.95. The van der Waals surface area contributed by atoms with Crippen LogP contribution in [0.5, 0.6) is 0 Å². The summed E-state index contributed by atoms with van der Waals surface area (Å²) in [4.78, 5) is 3.88. The van der Waals surface area contributed by atoms with Gasteiger partial charge in [0.25, 0.3) is 0 Å². The Hall–Kier alpha value is -1.59. The first-order valence-electron chi connectivity index (χ1n) is 4.78. The van der Waals surface area contributed by atoms with E-state index in [0.29, 0.717) is 16.0 Å². The zero-order valence-electron chi connectivity index (χ0n) is 8.91. The molecule has 0 unspecified atom stereocenters. The second kappa shape index (κ2) is 5.16. The van der Waals surface area contributed by atoms with Gasteiger partial charge in [0.05, 0.1) is 15.8 Å². The van der Waals surface area contributed by atoms with E-state index in [0.717, 1.165) is 11.3 Å². The van der Waals surface area contributed by atoms with E-state index in [1.165, 1.54) is 6.33 Å².